The van der Waals surface area contributed by atoms with Crippen LogP contribution >= 0.6 is 11.6 Å². The van der Waals surface area contributed by atoms with Gasteiger partial charge in [0, 0.05) is 5.56 Å². The molecule has 0 radical (unpaired) electrons. The molecule has 14 heavy (non-hydrogen) atoms. The van der Waals surface area contributed by atoms with E-state index in [1.807, 2.05) is 0 Å². The van der Waals surface area contributed by atoms with E-state index in [0.29, 0.717) is 6.29 Å². The molecule has 1 rings (SSSR count). The Morgan fingerprint density at radius 1 is 1.36 bits per heavy atom. The summed E-state index contributed by atoms with van der Waals surface area (Å²) >= 11 is 5.48. The van der Waals surface area contributed by atoms with Crippen LogP contribution in [-0.4, -0.2) is 19.3 Å². The van der Waals surface area contributed by atoms with E-state index < -0.39 is 15.0 Å². The van der Waals surface area contributed by atoms with Crippen LogP contribution in [0.5, 0.6) is 0 Å². The smallest absolute Gasteiger partial charge is 0.744 e. The van der Waals surface area contributed by atoms with Crippen molar-refractivity contribution < 1.29 is 47.3 Å². The molecule has 1 aromatic carbocycles. The van der Waals surface area contributed by atoms with Gasteiger partial charge in [-0.1, -0.05) is 23.7 Å². The fourth-order valence-corrected chi connectivity index (χ4v) is 1.85. The number of benzene rings is 1. The zero-order chi connectivity index (χ0) is 10.1. The van der Waals surface area contributed by atoms with Crippen molar-refractivity contribution in [1.82, 2.24) is 0 Å². The molecular weight excluding hydrogens is 239 g/mol. The zero-order valence-corrected chi connectivity index (χ0v) is 10.8. The minimum Gasteiger partial charge on any atom is -0.744 e. The third-order valence-electron chi connectivity index (χ3n) is 1.39. The summed E-state index contributed by atoms with van der Waals surface area (Å²) in [6.45, 7) is 0. The molecule has 0 heterocycles. The largest absolute Gasteiger partial charge is 1.00 e. The Morgan fingerprint density at radius 2 is 1.93 bits per heavy atom. The van der Waals surface area contributed by atoms with Gasteiger partial charge in [0.2, 0.25) is 0 Å². The van der Waals surface area contributed by atoms with Gasteiger partial charge in [-0.05, 0) is 6.07 Å². The summed E-state index contributed by atoms with van der Waals surface area (Å²) in [6.07, 6.45) is 0.386. The fraction of sp³-hybridized carbons (Fsp3) is 0. The molecule has 0 amide bonds. The summed E-state index contributed by atoms with van der Waals surface area (Å²) in [7, 11) is -4.61. The Labute approximate surface area is 108 Å². The number of halogens is 1. The van der Waals surface area contributed by atoms with Crippen molar-refractivity contribution in [2.24, 2.45) is 0 Å². The second-order valence-corrected chi connectivity index (χ2v) is 3.96. The summed E-state index contributed by atoms with van der Waals surface area (Å²) in [5.41, 5.74) is -0.0152. The first-order valence-electron chi connectivity index (χ1n) is 3.16. The van der Waals surface area contributed by atoms with E-state index in [-0.39, 0.29) is 40.1 Å². The monoisotopic (exact) mass is 242 g/mol. The second-order valence-electron chi connectivity index (χ2n) is 2.23. The van der Waals surface area contributed by atoms with Gasteiger partial charge in [0.1, 0.15) is 10.1 Å². The molecule has 4 nitrogen and oxygen atoms in total. The average Bonchev–Trinajstić information content (AvgIpc) is 2.02. The molecule has 0 atom stereocenters. The SMILES string of the molecule is O=Cc1cccc(S(=O)(=O)[O-])c1Cl.[Na+]. The third kappa shape index (κ3) is 3.05. The first kappa shape index (κ1) is 14.1. The van der Waals surface area contributed by atoms with E-state index in [1.165, 1.54) is 12.1 Å². The number of carbonyl (C=O) groups is 1. The summed E-state index contributed by atoms with van der Waals surface area (Å²) in [5, 5.41) is -0.326. The van der Waals surface area contributed by atoms with Crippen LogP contribution in [0.15, 0.2) is 23.1 Å². The van der Waals surface area contributed by atoms with E-state index in [2.05, 4.69) is 0 Å². The first-order valence-corrected chi connectivity index (χ1v) is 4.95. The topological polar surface area (TPSA) is 74.3 Å². The van der Waals surface area contributed by atoms with Crippen molar-refractivity contribution in [2.45, 2.75) is 4.90 Å². The normalized spacial score (nSPS) is 10.4. The minimum atomic E-state index is -4.61. The molecule has 0 spiro atoms. The Kier molecular flexibility index (Phi) is 5.28. The Bertz CT molecular complexity index is 443. The van der Waals surface area contributed by atoms with Gasteiger partial charge in [0.15, 0.2) is 6.29 Å². The van der Waals surface area contributed by atoms with Crippen LogP contribution < -0.4 is 29.6 Å². The number of hydrogen-bond acceptors (Lipinski definition) is 4. The third-order valence-corrected chi connectivity index (χ3v) is 2.80. The van der Waals surface area contributed by atoms with Gasteiger partial charge in [0.05, 0.1) is 9.92 Å². The number of rotatable bonds is 2. The van der Waals surface area contributed by atoms with Crippen molar-refractivity contribution in [1.29, 1.82) is 0 Å². The molecule has 0 unspecified atom stereocenters. The molecule has 0 aliphatic carbocycles. The molecule has 1 aromatic rings. The van der Waals surface area contributed by atoms with Crippen LogP contribution in [0.2, 0.25) is 5.02 Å². The number of hydrogen-bond donors (Lipinski definition) is 0. The number of aldehydes is 1. The molecule has 0 aromatic heterocycles. The quantitative estimate of drug-likeness (QED) is 0.344. The second kappa shape index (κ2) is 5.25. The Balaban J connectivity index is 0.00000169. The van der Waals surface area contributed by atoms with Gasteiger partial charge in [0.25, 0.3) is 0 Å². The van der Waals surface area contributed by atoms with Crippen LogP contribution in [0.4, 0.5) is 0 Å². The maximum atomic E-state index is 10.6. The van der Waals surface area contributed by atoms with Crippen LogP contribution in [0.3, 0.4) is 0 Å². The molecule has 0 saturated heterocycles. The molecule has 0 N–H and O–H groups in total. The van der Waals surface area contributed by atoms with Gasteiger partial charge >= 0.3 is 29.6 Å². The predicted octanol–water partition coefficient (Wildman–Crippen LogP) is -1.94. The molecule has 0 aliphatic heterocycles. The molecule has 7 heteroatoms. The Hall–Kier alpha value is 0.0900. The van der Waals surface area contributed by atoms with Gasteiger partial charge in [-0.15, -0.1) is 0 Å². The maximum absolute atomic E-state index is 10.6. The van der Waals surface area contributed by atoms with E-state index in [4.69, 9.17) is 11.6 Å². The van der Waals surface area contributed by atoms with Crippen molar-refractivity contribution in [3.8, 4) is 0 Å². The fourth-order valence-electron chi connectivity index (χ4n) is 0.812. The summed E-state index contributed by atoms with van der Waals surface area (Å²) in [5.74, 6) is 0. The van der Waals surface area contributed by atoms with E-state index in [9.17, 15) is 17.8 Å². The van der Waals surface area contributed by atoms with E-state index in [1.54, 1.807) is 0 Å². The molecule has 0 fully saturated rings. The summed E-state index contributed by atoms with van der Waals surface area (Å²) in [6, 6.07) is 3.65. The van der Waals surface area contributed by atoms with E-state index >= 15 is 0 Å². The van der Waals surface area contributed by atoms with Gasteiger partial charge in [-0.2, -0.15) is 0 Å². The summed E-state index contributed by atoms with van der Waals surface area (Å²) < 4.78 is 31.7. The molecule has 0 saturated carbocycles. The van der Waals surface area contributed by atoms with Crippen LogP contribution in [-0.2, 0) is 10.1 Å². The van der Waals surface area contributed by atoms with Gasteiger partial charge in [-0.3, -0.25) is 4.79 Å². The van der Waals surface area contributed by atoms with Crippen molar-refractivity contribution in [3.05, 3.63) is 28.8 Å². The van der Waals surface area contributed by atoms with Crippen molar-refractivity contribution >= 4 is 28.0 Å². The van der Waals surface area contributed by atoms with Gasteiger partial charge < -0.3 is 4.55 Å². The van der Waals surface area contributed by atoms with Crippen molar-refractivity contribution in [2.75, 3.05) is 0 Å². The van der Waals surface area contributed by atoms with Crippen LogP contribution in [0.25, 0.3) is 0 Å². The Morgan fingerprint density at radius 3 is 2.36 bits per heavy atom. The van der Waals surface area contributed by atoms with Crippen LogP contribution in [0, 0.1) is 0 Å². The number of carbonyl (C=O) groups excluding carboxylic acids is 1. The first-order chi connectivity index (χ1) is 5.96. The zero-order valence-electron chi connectivity index (χ0n) is 7.23. The molecule has 0 aliphatic rings. The molecule has 70 valence electrons. The van der Waals surface area contributed by atoms with Crippen molar-refractivity contribution in [3.63, 3.8) is 0 Å². The molecular formula is C7H4ClNaO4S. The molecule has 0 bridgehead atoms. The predicted molar refractivity (Wildman–Crippen MR) is 44.8 cm³/mol. The maximum Gasteiger partial charge on any atom is 1.00 e. The average molecular weight is 243 g/mol. The summed E-state index contributed by atoms with van der Waals surface area (Å²) in [4.78, 5) is 9.75. The van der Waals surface area contributed by atoms with E-state index in [0.717, 1.165) is 6.07 Å². The van der Waals surface area contributed by atoms with Gasteiger partial charge in [-0.25, -0.2) is 8.42 Å². The minimum absolute atomic E-state index is 0. The standard InChI is InChI=1S/C7H5ClO4S.Na/c8-7-5(4-9)2-1-3-6(7)13(10,11)12;/h1-4H,(H,10,11,12);/q;+1/p-1. The van der Waals surface area contributed by atoms with Crippen LogP contribution in [0.1, 0.15) is 10.4 Å².